The summed E-state index contributed by atoms with van der Waals surface area (Å²) in [5.41, 5.74) is 0.293. The third kappa shape index (κ3) is 3.49. The number of pyridine rings is 1. The Morgan fingerprint density at radius 3 is 2.81 bits per heavy atom. The van der Waals surface area contributed by atoms with E-state index in [1.807, 2.05) is 13.0 Å². The molecule has 0 unspecified atom stereocenters. The van der Waals surface area contributed by atoms with Crippen LogP contribution in [0.1, 0.15) is 26.5 Å². The molecule has 0 amide bonds. The summed E-state index contributed by atoms with van der Waals surface area (Å²) >= 11 is 1.36. The average Bonchev–Trinajstić information content (AvgIpc) is 2.90. The number of carboxylic acids is 1. The second-order valence-electron chi connectivity index (χ2n) is 4.91. The number of carboxylic acid groups (broad SMARTS) is 1. The average molecular weight is 307 g/mol. The van der Waals surface area contributed by atoms with Crippen LogP contribution >= 0.6 is 11.3 Å². The fourth-order valence-electron chi connectivity index (χ4n) is 1.54. The van der Waals surface area contributed by atoms with Crippen molar-refractivity contribution in [2.45, 2.75) is 26.2 Å². The molecule has 21 heavy (non-hydrogen) atoms. The first-order valence-corrected chi connectivity index (χ1v) is 7.36. The van der Waals surface area contributed by atoms with Crippen LogP contribution in [0, 0.1) is 0 Å². The van der Waals surface area contributed by atoms with E-state index >= 15 is 0 Å². The van der Waals surface area contributed by atoms with E-state index in [-0.39, 0.29) is 0 Å². The lowest BCUT2D eigenvalue weighted by Crippen LogP contribution is -2.28. The smallest absolute Gasteiger partial charge is 0.315 e. The minimum absolute atomic E-state index is 0.529. The van der Waals surface area contributed by atoms with Crippen molar-refractivity contribution in [1.82, 2.24) is 9.97 Å². The topological polar surface area (TPSA) is 84.3 Å². The molecule has 2 rings (SSSR count). The van der Waals surface area contributed by atoms with Gasteiger partial charge < -0.3 is 15.2 Å². The van der Waals surface area contributed by atoms with Crippen LogP contribution in [0.3, 0.4) is 0 Å². The van der Waals surface area contributed by atoms with Gasteiger partial charge in [-0.15, -0.1) is 11.3 Å². The van der Waals surface area contributed by atoms with Crippen molar-refractivity contribution in [3.05, 3.63) is 29.4 Å². The lowest BCUT2D eigenvalue weighted by atomic mass is 9.90. The van der Waals surface area contributed by atoms with Crippen molar-refractivity contribution in [1.29, 1.82) is 0 Å². The molecule has 2 aromatic heterocycles. The summed E-state index contributed by atoms with van der Waals surface area (Å²) < 4.78 is 5.27. The van der Waals surface area contributed by atoms with E-state index in [9.17, 15) is 9.90 Å². The minimum atomic E-state index is -1.01. The molecule has 0 saturated heterocycles. The normalized spacial score (nSPS) is 11.2. The fraction of sp³-hybridized carbons (Fsp3) is 0.357. The van der Waals surface area contributed by atoms with Gasteiger partial charge in [0.15, 0.2) is 5.13 Å². The zero-order chi connectivity index (χ0) is 15.5. The number of hydrogen-bond acceptors (Lipinski definition) is 6. The highest BCUT2D eigenvalue weighted by Gasteiger charge is 2.32. The second kappa shape index (κ2) is 6.09. The highest BCUT2D eigenvalue weighted by atomic mass is 32.1. The van der Waals surface area contributed by atoms with Crippen LogP contribution in [0.5, 0.6) is 5.88 Å². The molecule has 0 spiro atoms. The van der Waals surface area contributed by atoms with Crippen LogP contribution in [0.4, 0.5) is 10.8 Å². The summed E-state index contributed by atoms with van der Waals surface area (Å²) in [5.74, 6) is -0.336. The number of rotatable bonds is 6. The van der Waals surface area contributed by atoms with Crippen molar-refractivity contribution >= 4 is 28.1 Å². The highest BCUT2D eigenvalue weighted by molar-refractivity contribution is 7.13. The number of thiazole rings is 1. The summed E-state index contributed by atoms with van der Waals surface area (Å²) in [6.45, 7) is 5.73. The molecule has 0 aliphatic carbocycles. The van der Waals surface area contributed by atoms with Crippen molar-refractivity contribution in [3.8, 4) is 5.88 Å². The van der Waals surface area contributed by atoms with E-state index in [1.54, 1.807) is 31.5 Å². The number of nitrogens with one attached hydrogen (secondary N) is 1. The Balaban J connectivity index is 2.10. The number of nitrogens with zero attached hydrogens (tertiary/aromatic N) is 2. The predicted molar refractivity (Wildman–Crippen MR) is 81.5 cm³/mol. The Bertz CT molecular complexity index is 623. The molecular weight excluding hydrogens is 290 g/mol. The summed E-state index contributed by atoms with van der Waals surface area (Å²) in [6, 6.07) is 3.60. The van der Waals surface area contributed by atoms with Gasteiger partial charge in [-0.05, 0) is 26.8 Å². The van der Waals surface area contributed by atoms with E-state index < -0.39 is 11.4 Å². The summed E-state index contributed by atoms with van der Waals surface area (Å²) in [6.07, 6.45) is 1.65. The number of anilines is 2. The molecule has 6 nitrogen and oxygen atoms in total. The standard InChI is InChI=1S/C14H17N3O3S/c1-4-20-11-6-5-9(7-15-11)16-13-17-10(8-21-13)14(2,3)12(18)19/h5-8H,4H2,1-3H3,(H,16,17)(H,18,19). The van der Waals surface area contributed by atoms with Gasteiger partial charge in [0.05, 0.1) is 24.2 Å². The SMILES string of the molecule is CCOc1ccc(Nc2nc(C(C)(C)C(=O)O)cs2)cn1. The molecule has 0 aromatic carbocycles. The van der Waals surface area contributed by atoms with Crippen LogP contribution in [0.15, 0.2) is 23.7 Å². The molecule has 0 radical (unpaired) electrons. The Hall–Kier alpha value is -2.15. The molecule has 0 atom stereocenters. The zero-order valence-electron chi connectivity index (χ0n) is 12.1. The Morgan fingerprint density at radius 2 is 2.24 bits per heavy atom. The van der Waals surface area contributed by atoms with Gasteiger partial charge in [-0.1, -0.05) is 0 Å². The molecular formula is C14H17N3O3S. The maximum absolute atomic E-state index is 11.2. The van der Waals surface area contributed by atoms with E-state index in [1.165, 1.54) is 11.3 Å². The quantitative estimate of drug-likeness (QED) is 0.853. The third-order valence-electron chi connectivity index (χ3n) is 2.96. The van der Waals surface area contributed by atoms with Crippen molar-refractivity contribution in [3.63, 3.8) is 0 Å². The van der Waals surface area contributed by atoms with Gasteiger partial charge in [0.25, 0.3) is 0 Å². The zero-order valence-corrected chi connectivity index (χ0v) is 12.9. The number of hydrogen-bond donors (Lipinski definition) is 2. The van der Waals surface area contributed by atoms with Crippen molar-refractivity contribution in [2.75, 3.05) is 11.9 Å². The second-order valence-corrected chi connectivity index (χ2v) is 5.77. The molecule has 0 aliphatic heterocycles. The number of ether oxygens (including phenoxy) is 1. The van der Waals surface area contributed by atoms with Gasteiger partial charge in [-0.3, -0.25) is 4.79 Å². The molecule has 0 saturated carbocycles. The first-order valence-electron chi connectivity index (χ1n) is 6.48. The first kappa shape index (κ1) is 15.2. The van der Waals surface area contributed by atoms with E-state index in [2.05, 4.69) is 15.3 Å². The molecule has 2 N–H and O–H groups in total. The summed E-state index contributed by atoms with van der Waals surface area (Å²) in [7, 11) is 0. The monoisotopic (exact) mass is 307 g/mol. The molecule has 7 heteroatoms. The van der Waals surface area contributed by atoms with Gasteiger partial charge in [0.1, 0.15) is 5.41 Å². The van der Waals surface area contributed by atoms with Gasteiger partial charge in [0.2, 0.25) is 5.88 Å². The summed E-state index contributed by atoms with van der Waals surface area (Å²) in [4.78, 5) is 19.7. The minimum Gasteiger partial charge on any atom is -0.481 e. The molecule has 0 aliphatic rings. The number of aliphatic carboxylic acids is 1. The molecule has 2 heterocycles. The Kier molecular flexibility index (Phi) is 4.42. The number of carbonyl (C=O) groups is 1. The van der Waals surface area contributed by atoms with Crippen LogP contribution in [0.25, 0.3) is 0 Å². The van der Waals surface area contributed by atoms with E-state index in [0.717, 1.165) is 5.69 Å². The van der Waals surface area contributed by atoms with Crippen LogP contribution in [0.2, 0.25) is 0 Å². The Morgan fingerprint density at radius 1 is 1.48 bits per heavy atom. The molecule has 0 fully saturated rings. The van der Waals surface area contributed by atoms with E-state index in [0.29, 0.717) is 23.3 Å². The van der Waals surface area contributed by atoms with E-state index in [4.69, 9.17) is 4.74 Å². The predicted octanol–water partition coefficient (Wildman–Crippen LogP) is 3.04. The van der Waals surface area contributed by atoms with Crippen LogP contribution in [-0.4, -0.2) is 27.7 Å². The highest BCUT2D eigenvalue weighted by Crippen LogP contribution is 2.29. The molecule has 0 bridgehead atoms. The lowest BCUT2D eigenvalue weighted by molar-refractivity contribution is -0.142. The molecule has 112 valence electrons. The van der Waals surface area contributed by atoms with Crippen LogP contribution < -0.4 is 10.1 Å². The Labute approximate surface area is 126 Å². The molecule has 2 aromatic rings. The maximum atomic E-state index is 11.2. The fourth-order valence-corrected chi connectivity index (χ4v) is 2.44. The van der Waals surface area contributed by atoms with Gasteiger partial charge in [-0.2, -0.15) is 0 Å². The number of aromatic nitrogens is 2. The van der Waals surface area contributed by atoms with Gasteiger partial charge in [-0.25, -0.2) is 9.97 Å². The van der Waals surface area contributed by atoms with Crippen molar-refractivity contribution < 1.29 is 14.6 Å². The maximum Gasteiger partial charge on any atom is 0.315 e. The first-order chi connectivity index (χ1) is 9.93. The van der Waals surface area contributed by atoms with Crippen molar-refractivity contribution in [2.24, 2.45) is 0 Å². The van der Waals surface area contributed by atoms with Crippen LogP contribution in [-0.2, 0) is 10.2 Å². The van der Waals surface area contributed by atoms with Gasteiger partial charge >= 0.3 is 5.97 Å². The largest absolute Gasteiger partial charge is 0.481 e. The summed E-state index contributed by atoms with van der Waals surface area (Å²) in [5, 5.41) is 14.7. The lowest BCUT2D eigenvalue weighted by Gasteiger charge is -2.15. The van der Waals surface area contributed by atoms with Gasteiger partial charge in [0, 0.05) is 11.4 Å². The third-order valence-corrected chi connectivity index (χ3v) is 3.72.